The maximum absolute atomic E-state index is 13.4. The normalized spacial score (nSPS) is 16.8. The summed E-state index contributed by atoms with van der Waals surface area (Å²) in [5, 5.41) is 6.07. The number of nitrogens with one attached hydrogen (secondary N) is 2. The van der Waals surface area contributed by atoms with Crippen molar-refractivity contribution in [3.8, 4) is 0 Å². The summed E-state index contributed by atoms with van der Waals surface area (Å²) in [5.74, 6) is -0.910. The van der Waals surface area contributed by atoms with E-state index in [1.807, 2.05) is 24.3 Å². The van der Waals surface area contributed by atoms with Gasteiger partial charge in [0, 0.05) is 17.9 Å². The fourth-order valence-corrected chi connectivity index (χ4v) is 2.66. The molecule has 0 fully saturated rings. The number of hydrogen-bond acceptors (Lipinski definition) is 2. The van der Waals surface area contributed by atoms with E-state index in [1.165, 1.54) is 12.1 Å². The Morgan fingerprint density at radius 1 is 1.29 bits per heavy atom. The molecule has 0 bridgehead atoms. The fourth-order valence-electron chi connectivity index (χ4n) is 2.54. The molecule has 0 spiro atoms. The van der Waals surface area contributed by atoms with E-state index >= 15 is 0 Å². The number of anilines is 2. The lowest BCUT2D eigenvalue weighted by Gasteiger charge is -2.25. The molecule has 5 heteroatoms. The average Bonchev–Trinajstić information content (AvgIpc) is 2.50. The Labute approximate surface area is 127 Å². The molecule has 1 heterocycles. The Morgan fingerprint density at radius 3 is 2.90 bits per heavy atom. The van der Waals surface area contributed by atoms with Crippen LogP contribution in [0.3, 0.4) is 0 Å². The standard InChI is InChI=1S/C16H14ClFN2O/c17-13-6-5-10(9-14(13)18)20-16(21)12-7-8-19-15-4-2-1-3-11(12)15/h1-6,9,12,19H,7-8H2,(H,20,21). The lowest BCUT2D eigenvalue weighted by molar-refractivity contribution is -0.117. The van der Waals surface area contributed by atoms with Crippen molar-refractivity contribution in [2.45, 2.75) is 12.3 Å². The van der Waals surface area contributed by atoms with Gasteiger partial charge in [-0.25, -0.2) is 4.39 Å². The molecule has 1 atom stereocenters. The first-order valence-corrected chi connectivity index (χ1v) is 7.11. The number of halogens is 2. The minimum absolute atomic E-state index is 0.0419. The Balaban J connectivity index is 1.81. The van der Waals surface area contributed by atoms with Gasteiger partial charge in [0.2, 0.25) is 5.91 Å². The predicted octanol–water partition coefficient (Wildman–Crippen LogP) is 4.02. The zero-order valence-corrected chi connectivity index (χ0v) is 12.0. The Kier molecular flexibility index (Phi) is 3.80. The molecule has 1 amide bonds. The van der Waals surface area contributed by atoms with E-state index in [4.69, 9.17) is 11.6 Å². The van der Waals surface area contributed by atoms with Crippen LogP contribution in [0.25, 0.3) is 0 Å². The minimum atomic E-state index is -0.542. The van der Waals surface area contributed by atoms with Crippen LogP contribution in [0.4, 0.5) is 15.8 Å². The molecule has 3 rings (SSSR count). The highest BCUT2D eigenvalue weighted by Crippen LogP contribution is 2.32. The first-order chi connectivity index (χ1) is 10.1. The van der Waals surface area contributed by atoms with Crippen molar-refractivity contribution in [3.05, 3.63) is 58.9 Å². The number of amides is 1. The van der Waals surface area contributed by atoms with Gasteiger partial charge in [0.25, 0.3) is 0 Å². The summed E-state index contributed by atoms with van der Waals surface area (Å²) < 4.78 is 13.4. The lowest BCUT2D eigenvalue weighted by Crippen LogP contribution is -2.27. The van der Waals surface area contributed by atoms with Crippen LogP contribution < -0.4 is 10.6 Å². The molecule has 0 aromatic heterocycles. The second kappa shape index (κ2) is 5.74. The number of para-hydroxylation sites is 1. The molecule has 108 valence electrons. The molecule has 1 aliphatic rings. The first kappa shape index (κ1) is 13.9. The molecular formula is C16H14ClFN2O. The summed E-state index contributed by atoms with van der Waals surface area (Å²) >= 11 is 5.64. The maximum atomic E-state index is 13.4. The monoisotopic (exact) mass is 304 g/mol. The molecule has 1 unspecified atom stereocenters. The van der Waals surface area contributed by atoms with Crippen LogP contribution in [0.1, 0.15) is 17.9 Å². The van der Waals surface area contributed by atoms with Crippen molar-refractivity contribution in [2.75, 3.05) is 17.2 Å². The highest BCUT2D eigenvalue weighted by Gasteiger charge is 2.26. The van der Waals surface area contributed by atoms with Gasteiger partial charge in [0.15, 0.2) is 0 Å². The molecule has 3 nitrogen and oxygen atoms in total. The Hall–Kier alpha value is -2.07. The Bertz CT molecular complexity index is 690. The second-order valence-electron chi connectivity index (χ2n) is 4.97. The van der Waals surface area contributed by atoms with Crippen molar-refractivity contribution in [1.29, 1.82) is 0 Å². The zero-order valence-electron chi connectivity index (χ0n) is 11.2. The third-order valence-corrected chi connectivity index (χ3v) is 3.89. The van der Waals surface area contributed by atoms with E-state index in [1.54, 1.807) is 6.07 Å². The van der Waals surface area contributed by atoms with E-state index in [2.05, 4.69) is 10.6 Å². The largest absolute Gasteiger partial charge is 0.385 e. The van der Waals surface area contributed by atoms with Gasteiger partial charge < -0.3 is 10.6 Å². The van der Waals surface area contributed by atoms with Gasteiger partial charge in [-0.15, -0.1) is 0 Å². The van der Waals surface area contributed by atoms with E-state index in [9.17, 15) is 9.18 Å². The second-order valence-corrected chi connectivity index (χ2v) is 5.38. The maximum Gasteiger partial charge on any atom is 0.232 e. The highest BCUT2D eigenvalue weighted by atomic mass is 35.5. The molecule has 0 saturated carbocycles. The van der Waals surface area contributed by atoms with Crippen molar-refractivity contribution < 1.29 is 9.18 Å². The van der Waals surface area contributed by atoms with Gasteiger partial charge in [-0.05, 0) is 36.2 Å². The number of hydrogen-bond donors (Lipinski definition) is 2. The molecule has 2 aromatic rings. The van der Waals surface area contributed by atoms with Gasteiger partial charge in [-0.3, -0.25) is 4.79 Å². The van der Waals surface area contributed by atoms with E-state index in [0.717, 1.165) is 17.8 Å². The smallest absolute Gasteiger partial charge is 0.232 e. The third-order valence-electron chi connectivity index (χ3n) is 3.59. The third kappa shape index (κ3) is 2.85. The van der Waals surface area contributed by atoms with Crippen LogP contribution in [0.15, 0.2) is 42.5 Å². The number of benzene rings is 2. The molecule has 21 heavy (non-hydrogen) atoms. The van der Waals surface area contributed by atoms with Crippen molar-refractivity contribution >= 4 is 28.9 Å². The van der Waals surface area contributed by atoms with Crippen LogP contribution in [-0.2, 0) is 4.79 Å². The van der Waals surface area contributed by atoms with Gasteiger partial charge in [0.1, 0.15) is 5.82 Å². The van der Waals surface area contributed by atoms with E-state index in [-0.39, 0.29) is 16.8 Å². The van der Waals surface area contributed by atoms with Crippen LogP contribution in [0, 0.1) is 5.82 Å². The molecule has 2 aromatic carbocycles. The SMILES string of the molecule is O=C(Nc1ccc(Cl)c(F)c1)C1CCNc2ccccc21. The predicted molar refractivity (Wildman–Crippen MR) is 82.3 cm³/mol. The highest BCUT2D eigenvalue weighted by molar-refractivity contribution is 6.30. The first-order valence-electron chi connectivity index (χ1n) is 6.74. The van der Waals surface area contributed by atoms with Crippen LogP contribution in [-0.4, -0.2) is 12.5 Å². The quantitative estimate of drug-likeness (QED) is 0.880. The molecule has 0 radical (unpaired) electrons. The lowest BCUT2D eigenvalue weighted by atomic mass is 9.90. The van der Waals surface area contributed by atoms with E-state index in [0.29, 0.717) is 12.1 Å². The molecular weight excluding hydrogens is 291 g/mol. The average molecular weight is 305 g/mol. The van der Waals surface area contributed by atoms with Crippen LogP contribution >= 0.6 is 11.6 Å². The summed E-state index contributed by atoms with van der Waals surface area (Å²) in [6, 6.07) is 12.0. The van der Waals surface area contributed by atoms with Crippen LogP contribution in [0.2, 0.25) is 5.02 Å². The van der Waals surface area contributed by atoms with E-state index < -0.39 is 5.82 Å². The van der Waals surface area contributed by atoms with Crippen molar-refractivity contribution in [3.63, 3.8) is 0 Å². The summed E-state index contributed by atoms with van der Waals surface area (Å²) in [6.07, 6.45) is 0.707. The zero-order chi connectivity index (χ0) is 14.8. The van der Waals surface area contributed by atoms with Gasteiger partial charge in [-0.2, -0.15) is 0 Å². The summed E-state index contributed by atoms with van der Waals surface area (Å²) in [6.45, 7) is 0.740. The molecule has 1 aliphatic heterocycles. The summed E-state index contributed by atoms with van der Waals surface area (Å²) in [7, 11) is 0. The summed E-state index contributed by atoms with van der Waals surface area (Å²) in [4.78, 5) is 12.4. The number of carbonyl (C=O) groups excluding carboxylic acids is 1. The molecule has 0 aliphatic carbocycles. The fraction of sp³-hybridized carbons (Fsp3) is 0.188. The Morgan fingerprint density at radius 2 is 2.10 bits per heavy atom. The number of carbonyl (C=O) groups is 1. The topological polar surface area (TPSA) is 41.1 Å². The van der Waals surface area contributed by atoms with Crippen molar-refractivity contribution in [1.82, 2.24) is 0 Å². The minimum Gasteiger partial charge on any atom is -0.385 e. The molecule has 0 saturated heterocycles. The van der Waals surface area contributed by atoms with Gasteiger partial charge in [-0.1, -0.05) is 29.8 Å². The number of fused-ring (bicyclic) bond motifs is 1. The van der Waals surface area contributed by atoms with Crippen LogP contribution in [0.5, 0.6) is 0 Å². The van der Waals surface area contributed by atoms with Gasteiger partial charge >= 0.3 is 0 Å². The van der Waals surface area contributed by atoms with Gasteiger partial charge in [0.05, 0.1) is 10.9 Å². The van der Waals surface area contributed by atoms with Crippen molar-refractivity contribution in [2.24, 2.45) is 0 Å². The molecule has 2 N–H and O–H groups in total. The number of rotatable bonds is 2. The summed E-state index contributed by atoms with van der Waals surface area (Å²) in [5.41, 5.74) is 2.36.